The molecule has 128 valence electrons. The number of ether oxygens (including phenoxy) is 2. The third kappa shape index (κ3) is 5.43. The molecule has 1 aromatic rings. The number of carbonyl (C=O) groups is 1. The zero-order chi connectivity index (χ0) is 16.5. The Bertz CT molecular complexity index is 505. The van der Waals surface area contributed by atoms with Crippen molar-refractivity contribution in [2.24, 2.45) is 0 Å². The van der Waals surface area contributed by atoms with E-state index in [2.05, 4.69) is 18.3 Å². The molecule has 1 aliphatic rings. The first-order chi connectivity index (χ1) is 11.2. The monoisotopic (exact) mass is 320 g/mol. The molecule has 0 bridgehead atoms. The van der Waals surface area contributed by atoms with Gasteiger partial charge in [0.15, 0.2) is 11.5 Å². The highest BCUT2D eigenvalue weighted by molar-refractivity contribution is 5.77. The molecule has 0 radical (unpaired) electrons. The largest absolute Gasteiger partial charge is 0.493 e. The van der Waals surface area contributed by atoms with E-state index in [1.54, 1.807) is 7.11 Å². The van der Waals surface area contributed by atoms with Crippen LogP contribution in [0.4, 0.5) is 0 Å². The van der Waals surface area contributed by atoms with Crippen LogP contribution in [-0.4, -0.2) is 44.2 Å². The van der Waals surface area contributed by atoms with E-state index >= 15 is 0 Å². The van der Waals surface area contributed by atoms with Crippen molar-refractivity contribution in [3.63, 3.8) is 0 Å². The molecule has 1 amide bonds. The average molecular weight is 320 g/mol. The molecule has 1 fully saturated rings. The normalized spacial score (nSPS) is 14.3. The molecule has 1 aliphatic heterocycles. The van der Waals surface area contributed by atoms with E-state index in [9.17, 15) is 4.79 Å². The molecule has 23 heavy (non-hydrogen) atoms. The molecule has 0 spiro atoms. The summed E-state index contributed by atoms with van der Waals surface area (Å²) in [6.07, 6.45) is 3.70. The van der Waals surface area contributed by atoms with E-state index in [0.29, 0.717) is 12.5 Å². The second-order valence-corrected chi connectivity index (χ2v) is 5.85. The summed E-state index contributed by atoms with van der Waals surface area (Å²) in [5, 5.41) is 3.42. The van der Waals surface area contributed by atoms with Crippen LogP contribution >= 0.6 is 0 Å². The fourth-order valence-corrected chi connectivity index (χ4v) is 2.72. The molecule has 0 aliphatic carbocycles. The lowest BCUT2D eigenvalue weighted by atomic mass is 10.2. The predicted molar refractivity (Wildman–Crippen MR) is 90.9 cm³/mol. The maximum atomic E-state index is 11.5. The van der Waals surface area contributed by atoms with E-state index in [0.717, 1.165) is 63.4 Å². The van der Waals surface area contributed by atoms with Crippen molar-refractivity contribution in [1.82, 2.24) is 10.2 Å². The van der Waals surface area contributed by atoms with Gasteiger partial charge in [-0.3, -0.25) is 4.79 Å². The maximum absolute atomic E-state index is 11.5. The number of benzene rings is 1. The lowest BCUT2D eigenvalue weighted by Crippen LogP contribution is -2.28. The molecular formula is C18H28N2O3. The van der Waals surface area contributed by atoms with Crippen molar-refractivity contribution >= 4 is 5.91 Å². The Kier molecular flexibility index (Phi) is 7.20. The van der Waals surface area contributed by atoms with Crippen molar-refractivity contribution in [1.29, 1.82) is 0 Å². The second-order valence-electron chi connectivity index (χ2n) is 5.85. The fraction of sp³-hybridized carbons (Fsp3) is 0.611. The molecule has 1 N–H and O–H groups in total. The van der Waals surface area contributed by atoms with Crippen molar-refractivity contribution in [3.8, 4) is 11.5 Å². The molecular weight excluding hydrogens is 292 g/mol. The molecule has 0 atom stereocenters. The molecule has 1 heterocycles. The quantitative estimate of drug-likeness (QED) is 0.673. The summed E-state index contributed by atoms with van der Waals surface area (Å²) >= 11 is 0. The number of hydrogen-bond acceptors (Lipinski definition) is 4. The van der Waals surface area contributed by atoms with Gasteiger partial charge in [-0.2, -0.15) is 0 Å². The molecule has 1 saturated heterocycles. The van der Waals surface area contributed by atoms with Crippen LogP contribution < -0.4 is 14.8 Å². The van der Waals surface area contributed by atoms with Crippen LogP contribution in [0.5, 0.6) is 11.5 Å². The number of likely N-dealkylation sites (tertiary alicyclic amines) is 1. The van der Waals surface area contributed by atoms with Gasteiger partial charge in [0, 0.05) is 26.1 Å². The number of rotatable bonds is 10. The van der Waals surface area contributed by atoms with Gasteiger partial charge in [0.05, 0.1) is 13.7 Å². The standard InChI is InChI=1S/C18H28N2O3/c1-3-12-23-16-8-7-15(13-17(16)22-2)14-19-9-5-11-20-10-4-6-18(20)21/h7-8,13,19H,3-6,9-12,14H2,1-2H3. The minimum Gasteiger partial charge on any atom is -0.493 e. The molecule has 5 heteroatoms. The van der Waals surface area contributed by atoms with Crippen LogP contribution in [0.2, 0.25) is 0 Å². The average Bonchev–Trinajstić information content (AvgIpc) is 2.98. The third-order valence-electron chi connectivity index (χ3n) is 3.97. The van der Waals surface area contributed by atoms with Gasteiger partial charge in [-0.05, 0) is 43.5 Å². The van der Waals surface area contributed by atoms with Crippen LogP contribution in [0.3, 0.4) is 0 Å². The highest BCUT2D eigenvalue weighted by Gasteiger charge is 2.18. The van der Waals surface area contributed by atoms with Crippen molar-refractivity contribution in [2.75, 3.05) is 33.4 Å². The Hall–Kier alpha value is -1.75. The predicted octanol–water partition coefficient (Wildman–Crippen LogP) is 2.59. The van der Waals surface area contributed by atoms with Gasteiger partial charge >= 0.3 is 0 Å². The molecule has 2 rings (SSSR count). The zero-order valence-electron chi connectivity index (χ0n) is 14.3. The number of carbonyl (C=O) groups excluding carboxylic acids is 1. The Morgan fingerprint density at radius 1 is 1.30 bits per heavy atom. The number of nitrogens with one attached hydrogen (secondary N) is 1. The van der Waals surface area contributed by atoms with Gasteiger partial charge in [0.1, 0.15) is 0 Å². The minimum absolute atomic E-state index is 0.303. The molecule has 0 saturated carbocycles. The van der Waals surface area contributed by atoms with E-state index < -0.39 is 0 Å². The summed E-state index contributed by atoms with van der Waals surface area (Å²) in [6.45, 7) is 6.26. The van der Waals surface area contributed by atoms with Crippen LogP contribution in [0.25, 0.3) is 0 Å². The van der Waals surface area contributed by atoms with Crippen LogP contribution in [0, 0.1) is 0 Å². The van der Waals surface area contributed by atoms with Crippen LogP contribution in [0.15, 0.2) is 18.2 Å². The Morgan fingerprint density at radius 3 is 2.87 bits per heavy atom. The highest BCUT2D eigenvalue weighted by atomic mass is 16.5. The third-order valence-corrected chi connectivity index (χ3v) is 3.97. The van der Waals surface area contributed by atoms with Crippen LogP contribution in [0.1, 0.15) is 38.2 Å². The summed E-state index contributed by atoms with van der Waals surface area (Å²) in [7, 11) is 1.67. The van der Waals surface area contributed by atoms with Crippen molar-refractivity contribution in [3.05, 3.63) is 23.8 Å². The first kappa shape index (κ1) is 17.6. The summed E-state index contributed by atoms with van der Waals surface area (Å²) in [6, 6.07) is 6.04. The van der Waals surface area contributed by atoms with Crippen molar-refractivity contribution < 1.29 is 14.3 Å². The zero-order valence-corrected chi connectivity index (χ0v) is 14.3. The Labute approximate surface area is 139 Å². The van der Waals surface area contributed by atoms with Crippen LogP contribution in [-0.2, 0) is 11.3 Å². The van der Waals surface area contributed by atoms with E-state index in [4.69, 9.17) is 9.47 Å². The van der Waals surface area contributed by atoms with Crippen molar-refractivity contribution in [2.45, 2.75) is 39.2 Å². The molecule has 0 aromatic heterocycles. The number of amides is 1. The first-order valence-electron chi connectivity index (χ1n) is 8.52. The Morgan fingerprint density at radius 2 is 2.17 bits per heavy atom. The number of hydrogen-bond donors (Lipinski definition) is 1. The SMILES string of the molecule is CCCOc1ccc(CNCCCN2CCCC2=O)cc1OC. The second kappa shape index (κ2) is 9.40. The summed E-state index contributed by atoms with van der Waals surface area (Å²) < 4.78 is 11.1. The Balaban J connectivity index is 1.71. The fourth-order valence-electron chi connectivity index (χ4n) is 2.72. The summed E-state index contributed by atoms with van der Waals surface area (Å²) in [5.41, 5.74) is 1.17. The van der Waals surface area contributed by atoms with Gasteiger partial charge in [0.2, 0.25) is 5.91 Å². The smallest absolute Gasteiger partial charge is 0.222 e. The maximum Gasteiger partial charge on any atom is 0.222 e. The van der Waals surface area contributed by atoms with Gasteiger partial charge in [-0.25, -0.2) is 0 Å². The van der Waals surface area contributed by atoms with Gasteiger partial charge in [0.25, 0.3) is 0 Å². The summed E-state index contributed by atoms with van der Waals surface area (Å²) in [4.78, 5) is 13.5. The van der Waals surface area contributed by atoms with Gasteiger partial charge < -0.3 is 19.7 Å². The van der Waals surface area contributed by atoms with E-state index in [-0.39, 0.29) is 0 Å². The topological polar surface area (TPSA) is 50.8 Å². The molecule has 0 unspecified atom stereocenters. The molecule has 5 nitrogen and oxygen atoms in total. The van der Waals surface area contributed by atoms with E-state index in [1.165, 1.54) is 5.56 Å². The lowest BCUT2D eigenvalue weighted by molar-refractivity contribution is -0.127. The first-order valence-corrected chi connectivity index (χ1v) is 8.52. The van der Waals surface area contributed by atoms with Gasteiger partial charge in [-0.1, -0.05) is 13.0 Å². The molecule has 1 aromatic carbocycles. The van der Waals surface area contributed by atoms with Gasteiger partial charge in [-0.15, -0.1) is 0 Å². The highest BCUT2D eigenvalue weighted by Crippen LogP contribution is 2.28. The minimum atomic E-state index is 0.303. The number of methoxy groups -OCH3 is 1. The number of nitrogens with zero attached hydrogens (tertiary/aromatic N) is 1. The van der Waals surface area contributed by atoms with E-state index in [1.807, 2.05) is 17.0 Å². The summed E-state index contributed by atoms with van der Waals surface area (Å²) in [5.74, 6) is 1.88. The lowest BCUT2D eigenvalue weighted by Gasteiger charge is -2.15.